The predicted molar refractivity (Wildman–Crippen MR) is 81.6 cm³/mol. The lowest BCUT2D eigenvalue weighted by molar-refractivity contribution is 0.0679. The molecule has 0 heterocycles. The predicted octanol–water partition coefficient (Wildman–Crippen LogP) is 3.40. The summed E-state index contributed by atoms with van der Waals surface area (Å²) in [7, 11) is 3.80. The maximum atomic E-state index is 5.57. The van der Waals surface area contributed by atoms with Crippen LogP contribution in [0, 0.1) is 0 Å². The lowest BCUT2D eigenvalue weighted by Crippen LogP contribution is -2.40. The molecule has 19 heavy (non-hydrogen) atoms. The van der Waals surface area contributed by atoms with Crippen molar-refractivity contribution in [3.63, 3.8) is 0 Å². The number of ether oxygens (including phenoxy) is 1. The SMILES string of the molecule is CCC(OC)C(Cc1cccc2ccccc12)NC. The van der Waals surface area contributed by atoms with Gasteiger partial charge in [-0.2, -0.15) is 0 Å². The van der Waals surface area contributed by atoms with E-state index in [2.05, 4.69) is 54.7 Å². The number of likely N-dealkylation sites (N-methyl/N-ethyl adjacent to an activating group) is 1. The summed E-state index contributed by atoms with van der Waals surface area (Å²) in [4.78, 5) is 0. The van der Waals surface area contributed by atoms with E-state index in [9.17, 15) is 0 Å². The second kappa shape index (κ2) is 6.69. The van der Waals surface area contributed by atoms with E-state index in [0.29, 0.717) is 6.04 Å². The van der Waals surface area contributed by atoms with Gasteiger partial charge >= 0.3 is 0 Å². The lowest BCUT2D eigenvalue weighted by Gasteiger charge is -2.25. The van der Waals surface area contributed by atoms with Crippen LogP contribution < -0.4 is 5.32 Å². The molecule has 2 rings (SSSR count). The van der Waals surface area contributed by atoms with Crippen LogP contribution in [0.4, 0.5) is 0 Å². The van der Waals surface area contributed by atoms with Crippen LogP contribution in [-0.2, 0) is 11.2 Å². The van der Waals surface area contributed by atoms with Crippen LogP contribution in [0.5, 0.6) is 0 Å². The molecule has 2 unspecified atom stereocenters. The fraction of sp³-hybridized carbons (Fsp3) is 0.412. The van der Waals surface area contributed by atoms with Crippen LogP contribution in [0.1, 0.15) is 18.9 Å². The van der Waals surface area contributed by atoms with Crippen LogP contribution in [0.15, 0.2) is 42.5 Å². The Morgan fingerprint density at radius 3 is 2.53 bits per heavy atom. The highest BCUT2D eigenvalue weighted by Crippen LogP contribution is 2.21. The van der Waals surface area contributed by atoms with Crippen molar-refractivity contribution in [2.75, 3.05) is 14.2 Å². The van der Waals surface area contributed by atoms with Gasteiger partial charge in [-0.25, -0.2) is 0 Å². The van der Waals surface area contributed by atoms with Crippen molar-refractivity contribution in [3.8, 4) is 0 Å². The lowest BCUT2D eigenvalue weighted by atomic mass is 9.95. The van der Waals surface area contributed by atoms with Crippen molar-refractivity contribution in [2.24, 2.45) is 0 Å². The number of fused-ring (bicyclic) bond motifs is 1. The number of hydrogen-bond acceptors (Lipinski definition) is 2. The molecule has 0 radical (unpaired) electrons. The topological polar surface area (TPSA) is 21.3 Å². The minimum atomic E-state index is 0.254. The maximum Gasteiger partial charge on any atom is 0.0724 e. The van der Waals surface area contributed by atoms with E-state index in [1.54, 1.807) is 7.11 Å². The summed E-state index contributed by atoms with van der Waals surface area (Å²) < 4.78 is 5.57. The van der Waals surface area contributed by atoms with E-state index in [-0.39, 0.29) is 6.10 Å². The highest BCUT2D eigenvalue weighted by Gasteiger charge is 2.18. The zero-order valence-corrected chi connectivity index (χ0v) is 12.0. The summed E-state index contributed by atoms with van der Waals surface area (Å²) in [6.07, 6.45) is 2.26. The monoisotopic (exact) mass is 257 g/mol. The van der Waals surface area contributed by atoms with Gasteiger partial charge in [0.2, 0.25) is 0 Å². The first-order valence-corrected chi connectivity index (χ1v) is 6.96. The van der Waals surface area contributed by atoms with Gasteiger partial charge in [0.05, 0.1) is 6.10 Å². The van der Waals surface area contributed by atoms with Crippen molar-refractivity contribution in [3.05, 3.63) is 48.0 Å². The minimum absolute atomic E-state index is 0.254. The third-order valence-corrected chi connectivity index (χ3v) is 3.84. The van der Waals surface area contributed by atoms with Gasteiger partial charge in [-0.3, -0.25) is 0 Å². The van der Waals surface area contributed by atoms with Gasteiger partial charge in [-0.1, -0.05) is 49.4 Å². The van der Waals surface area contributed by atoms with Gasteiger partial charge in [0, 0.05) is 13.2 Å². The van der Waals surface area contributed by atoms with Gasteiger partial charge in [-0.05, 0) is 36.2 Å². The molecule has 0 amide bonds. The quantitative estimate of drug-likeness (QED) is 0.856. The fourth-order valence-corrected chi connectivity index (χ4v) is 2.74. The highest BCUT2D eigenvalue weighted by molar-refractivity contribution is 5.85. The van der Waals surface area contributed by atoms with Crippen LogP contribution in [0.25, 0.3) is 10.8 Å². The minimum Gasteiger partial charge on any atom is -0.380 e. The second-order valence-corrected chi connectivity index (χ2v) is 4.92. The van der Waals surface area contributed by atoms with Crippen LogP contribution >= 0.6 is 0 Å². The summed E-state index contributed by atoms with van der Waals surface area (Å²) in [6.45, 7) is 2.17. The van der Waals surface area contributed by atoms with Crippen molar-refractivity contribution in [1.29, 1.82) is 0 Å². The molecule has 0 fully saturated rings. The van der Waals surface area contributed by atoms with Gasteiger partial charge in [-0.15, -0.1) is 0 Å². The Hall–Kier alpha value is -1.38. The highest BCUT2D eigenvalue weighted by atomic mass is 16.5. The summed E-state index contributed by atoms with van der Waals surface area (Å²) in [5.74, 6) is 0. The van der Waals surface area contributed by atoms with E-state index in [0.717, 1.165) is 12.8 Å². The molecule has 0 spiro atoms. The molecule has 0 saturated heterocycles. The standard InChI is InChI=1S/C17H23NO/c1-4-17(19-3)16(18-2)12-14-10-7-9-13-8-5-6-11-15(13)14/h5-11,16-18H,4,12H2,1-3H3. The molecule has 2 atom stereocenters. The average molecular weight is 257 g/mol. The van der Waals surface area contributed by atoms with Crippen molar-refractivity contribution in [1.82, 2.24) is 5.32 Å². The smallest absolute Gasteiger partial charge is 0.0724 e. The normalized spacial score (nSPS) is 14.5. The summed E-state index contributed by atoms with van der Waals surface area (Å²) in [6, 6.07) is 15.4. The first kappa shape index (κ1) is 14.0. The first-order valence-electron chi connectivity index (χ1n) is 6.96. The Balaban J connectivity index is 2.29. The molecular formula is C17H23NO. The Morgan fingerprint density at radius 1 is 1.11 bits per heavy atom. The molecule has 0 aromatic heterocycles. The van der Waals surface area contributed by atoms with Crippen LogP contribution in [-0.4, -0.2) is 26.3 Å². The van der Waals surface area contributed by atoms with Crippen molar-refractivity contribution < 1.29 is 4.74 Å². The molecule has 0 bridgehead atoms. The Morgan fingerprint density at radius 2 is 1.84 bits per heavy atom. The number of methoxy groups -OCH3 is 1. The van der Waals surface area contributed by atoms with Gasteiger partial charge in [0.25, 0.3) is 0 Å². The fourth-order valence-electron chi connectivity index (χ4n) is 2.74. The molecule has 2 aromatic carbocycles. The van der Waals surface area contributed by atoms with Gasteiger partial charge in [0.15, 0.2) is 0 Å². The Labute approximate surface area is 115 Å². The van der Waals surface area contributed by atoms with E-state index < -0.39 is 0 Å². The van der Waals surface area contributed by atoms with Gasteiger partial charge < -0.3 is 10.1 Å². The first-order chi connectivity index (χ1) is 9.30. The number of rotatable bonds is 6. The molecule has 102 valence electrons. The third-order valence-electron chi connectivity index (χ3n) is 3.84. The second-order valence-electron chi connectivity index (χ2n) is 4.92. The number of hydrogen-bond donors (Lipinski definition) is 1. The molecule has 2 heteroatoms. The van der Waals surface area contributed by atoms with E-state index >= 15 is 0 Å². The zero-order valence-electron chi connectivity index (χ0n) is 12.0. The molecule has 0 aliphatic heterocycles. The molecular weight excluding hydrogens is 234 g/mol. The number of benzene rings is 2. The Kier molecular flexibility index (Phi) is 4.94. The summed E-state index contributed by atoms with van der Waals surface area (Å²) in [5, 5.41) is 6.04. The van der Waals surface area contributed by atoms with Crippen molar-refractivity contribution >= 4 is 10.8 Å². The summed E-state index contributed by atoms with van der Waals surface area (Å²) in [5.41, 5.74) is 1.38. The van der Waals surface area contributed by atoms with E-state index in [4.69, 9.17) is 4.74 Å². The van der Waals surface area contributed by atoms with Crippen LogP contribution in [0.2, 0.25) is 0 Å². The third kappa shape index (κ3) is 3.14. The molecule has 0 aliphatic carbocycles. The van der Waals surface area contributed by atoms with E-state index in [1.807, 2.05) is 7.05 Å². The Bertz CT molecular complexity index is 514. The van der Waals surface area contributed by atoms with Crippen LogP contribution in [0.3, 0.4) is 0 Å². The molecule has 0 saturated carbocycles. The largest absolute Gasteiger partial charge is 0.380 e. The molecule has 2 aromatic rings. The van der Waals surface area contributed by atoms with E-state index in [1.165, 1.54) is 16.3 Å². The van der Waals surface area contributed by atoms with Gasteiger partial charge in [0.1, 0.15) is 0 Å². The summed E-state index contributed by atoms with van der Waals surface area (Å²) >= 11 is 0. The average Bonchev–Trinajstić information content (AvgIpc) is 2.47. The molecule has 2 nitrogen and oxygen atoms in total. The molecule has 1 N–H and O–H groups in total. The van der Waals surface area contributed by atoms with Crippen molar-refractivity contribution in [2.45, 2.75) is 31.9 Å². The zero-order chi connectivity index (χ0) is 13.7. The maximum absolute atomic E-state index is 5.57. The molecule has 0 aliphatic rings. The number of nitrogens with one attached hydrogen (secondary N) is 1.